The Morgan fingerprint density at radius 1 is 0.435 bits per heavy atom. The Bertz CT molecular complexity index is 3790. The number of furan rings is 1. The summed E-state index contributed by atoms with van der Waals surface area (Å²) in [5, 5.41) is 9.59. The molecule has 2 heterocycles. The number of hydrogen-bond donors (Lipinski definition) is 0. The molecule has 13 rings (SSSR count). The van der Waals surface area contributed by atoms with E-state index in [0.29, 0.717) is 0 Å². The SMILES string of the molecule is CC1(C)c2ccccc2-c2ccc(N(c3ccc4c(c3)c3ccccc3n4-c3ccccc3)c3ccc4oc5ccccc5c4c3-c3ccc4c(ccc5ccccc54)c3)cc21. The third-order valence-electron chi connectivity index (χ3n) is 13.6. The van der Waals surface area contributed by atoms with Crippen LogP contribution >= 0.6 is 0 Å². The molecule has 0 radical (unpaired) electrons. The smallest absolute Gasteiger partial charge is 0.136 e. The summed E-state index contributed by atoms with van der Waals surface area (Å²) in [6, 6.07) is 75.6. The summed E-state index contributed by atoms with van der Waals surface area (Å²) in [5.41, 5.74) is 15.9. The number of rotatable bonds is 5. The molecule has 0 fully saturated rings. The average Bonchev–Trinajstić information content (AvgIpc) is 3.94. The van der Waals surface area contributed by atoms with Gasteiger partial charge in [0.25, 0.3) is 0 Å². The molecule has 2 aromatic heterocycles. The summed E-state index contributed by atoms with van der Waals surface area (Å²) in [7, 11) is 0. The Kier molecular flexibility index (Phi) is 7.36. The van der Waals surface area contributed by atoms with Crippen LogP contribution in [0.25, 0.3) is 93.2 Å². The largest absolute Gasteiger partial charge is 0.456 e. The second kappa shape index (κ2) is 13.1. The topological polar surface area (TPSA) is 21.3 Å². The predicted molar refractivity (Wildman–Crippen MR) is 261 cm³/mol. The molecule has 0 N–H and O–H groups in total. The van der Waals surface area contributed by atoms with E-state index >= 15 is 0 Å². The van der Waals surface area contributed by atoms with E-state index in [1.807, 2.05) is 0 Å². The minimum Gasteiger partial charge on any atom is -0.456 e. The second-order valence-corrected chi connectivity index (χ2v) is 17.3. The first-order chi connectivity index (χ1) is 30.5. The number of nitrogens with zero attached hydrogens (tertiary/aromatic N) is 2. The highest BCUT2D eigenvalue weighted by Gasteiger charge is 2.36. The minimum absolute atomic E-state index is 0.171. The fraction of sp³-hybridized carbons (Fsp3) is 0.0508. The van der Waals surface area contributed by atoms with Gasteiger partial charge in [0.15, 0.2) is 0 Å². The number of fused-ring (bicyclic) bond motifs is 12. The normalized spacial score (nSPS) is 13.1. The van der Waals surface area contributed by atoms with Gasteiger partial charge in [-0.1, -0.05) is 147 Å². The molecule has 3 nitrogen and oxygen atoms in total. The van der Waals surface area contributed by atoms with Crippen molar-refractivity contribution in [3.63, 3.8) is 0 Å². The third kappa shape index (κ3) is 5.00. The highest BCUT2D eigenvalue weighted by atomic mass is 16.3. The first-order valence-corrected chi connectivity index (χ1v) is 21.5. The van der Waals surface area contributed by atoms with E-state index in [1.165, 1.54) is 65.6 Å². The summed E-state index contributed by atoms with van der Waals surface area (Å²) in [4.78, 5) is 2.49. The van der Waals surface area contributed by atoms with Gasteiger partial charge in [0.05, 0.1) is 16.7 Å². The first kappa shape index (κ1) is 34.9. The van der Waals surface area contributed by atoms with Gasteiger partial charge in [0.2, 0.25) is 0 Å². The van der Waals surface area contributed by atoms with Gasteiger partial charge in [-0.05, 0) is 122 Å². The molecule has 0 amide bonds. The lowest BCUT2D eigenvalue weighted by atomic mass is 9.82. The fourth-order valence-corrected chi connectivity index (χ4v) is 10.7. The van der Waals surface area contributed by atoms with Gasteiger partial charge in [-0.2, -0.15) is 0 Å². The van der Waals surface area contributed by atoms with Crippen LogP contribution in [-0.4, -0.2) is 4.57 Å². The molecule has 3 heteroatoms. The molecule has 0 spiro atoms. The van der Waals surface area contributed by atoms with Crippen molar-refractivity contribution in [1.29, 1.82) is 0 Å². The van der Waals surface area contributed by atoms with Crippen LogP contribution in [0.5, 0.6) is 0 Å². The summed E-state index contributed by atoms with van der Waals surface area (Å²) in [6.45, 7) is 4.73. The molecule has 0 saturated heterocycles. The lowest BCUT2D eigenvalue weighted by molar-refractivity contribution is 0.660. The zero-order valence-electron chi connectivity index (χ0n) is 34.4. The summed E-state index contributed by atoms with van der Waals surface area (Å²) >= 11 is 0. The van der Waals surface area contributed by atoms with E-state index in [9.17, 15) is 0 Å². The molecule has 0 unspecified atom stereocenters. The lowest BCUT2D eigenvalue weighted by Gasteiger charge is -2.30. The number of hydrogen-bond acceptors (Lipinski definition) is 2. The molecule has 62 heavy (non-hydrogen) atoms. The first-order valence-electron chi connectivity index (χ1n) is 21.5. The van der Waals surface area contributed by atoms with Crippen molar-refractivity contribution in [3.05, 3.63) is 217 Å². The van der Waals surface area contributed by atoms with Crippen molar-refractivity contribution < 1.29 is 4.42 Å². The molecule has 10 aromatic carbocycles. The monoisotopic (exact) mass is 792 g/mol. The third-order valence-corrected chi connectivity index (χ3v) is 13.6. The van der Waals surface area contributed by atoms with Crippen molar-refractivity contribution in [3.8, 4) is 27.9 Å². The highest BCUT2D eigenvalue weighted by Crippen LogP contribution is 2.53. The molecule has 292 valence electrons. The van der Waals surface area contributed by atoms with Crippen LogP contribution in [0, 0.1) is 0 Å². The van der Waals surface area contributed by atoms with E-state index in [0.717, 1.165) is 55.8 Å². The van der Waals surface area contributed by atoms with E-state index in [4.69, 9.17) is 4.42 Å². The molecule has 1 aliphatic rings. The van der Waals surface area contributed by atoms with Gasteiger partial charge in [0.1, 0.15) is 11.2 Å². The van der Waals surface area contributed by atoms with Crippen molar-refractivity contribution in [2.75, 3.05) is 4.90 Å². The number of para-hydroxylation sites is 3. The van der Waals surface area contributed by atoms with Crippen LogP contribution in [0.1, 0.15) is 25.0 Å². The van der Waals surface area contributed by atoms with Crippen LogP contribution in [0.4, 0.5) is 17.1 Å². The van der Waals surface area contributed by atoms with Crippen LogP contribution in [0.2, 0.25) is 0 Å². The zero-order valence-corrected chi connectivity index (χ0v) is 34.4. The maximum Gasteiger partial charge on any atom is 0.136 e. The van der Waals surface area contributed by atoms with Gasteiger partial charge in [-0.15, -0.1) is 0 Å². The molecule has 12 aromatic rings. The van der Waals surface area contributed by atoms with Crippen molar-refractivity contribution in [2.24, 2.45) is 0 Å². The summed E-state index contributed by atoms with van der Waals surface area (Å²) in [6.07, 6.45) is 0. The Labute approximate surface area is 359 Å². The standard InChI is InChI=1S/C59H40N2O/c1-59(2)50-21-11-8-18-45(50)46-30-27-42(36-51(46)59)60(41-28-31-53-49(35-41)47-19-9-12-22-52(47)61(53)40-15-4-3-5-16-40)54-32-33-56-58(48-20-10-13-23-55(48)62-56)57(54)39-26-29-44-38(34-39)25-24-37-14-6-7-17-43(37)44/h3-36H,1-2H3. The van der Waals surface area contributed by atoms with Crippen molar-refractivity contribution >= 4 is 82.4 Å². The van der Waals surface area contributed by atoms with Crippen molar-refractivity contribution in [2.45, 2.75) is 19.3 Å². The zero-order chi connectivity index (χ0) is 41.1. The maximum atomic E-state index is 6.66. The number of aromatic nitrogens is 1. The second-order valence-electron chi connectivity index (χ2n) is 17.3. The Hall–Kier alpha value is -7.88. The van der Waals surface area contributed by atoms with Gasteiger partial charge in [-0.3, -0.25) is 0 Å². The van der Waals surface area contributed by atoms with E-state index in [1.54, 1.807) is 0 Å². The minimum atomic E-state index is -0.171. The fourth-order valence-electron chi connectivity index (χ4n) is 10.7. The Morgan fingerprint density at radius 2 is 1.11 bits per heavy atom. The molecule has 0 bridgehead atoms. The molecule has 0 aliphatic heterocycles. The van der Waals surface area contributed by atoms with Crippen LogP contribution in [0.15, 0.2) is 211 Å². The van der Waals surface area contributed by atoms with E-state index in [2.05, 4.69) is 230 Å². The predicted octanol–water partition coefficient (Wildman–Crippen LogP) is 16.4. The molecule has 0 saturated carbocycles. The molecular weight excluding hydrogens is 753 g/mol. The van der Waals surface area contributed by atoms with Gasteiger partial charge in [0, 0.05) is 49.6 Å². The summed E-state index contributed by atoms with van der Waals surface area (Å²) in [5.74, 6) is 0. The Morgan fingerprint density at radius 3 is 2.02 bits per heavy atom. The summed E-state index contributed by atoms with van der Waals surface area (Å²) < 4.78 is 9.05. The van der Waals surface area contributed by atoms with Gasteiger partial charge in [-0.25, -0.2) is 0 Å². The number of anilines is 3. The average molecular weight is 793 g/mol. The van der Waals surface area contributed by atoms with E-state index in [-0.39, 0.29) is 5.41 Å². The van der Waals surface area contributed by atoms with Crippen LogP contribution < -0.4 is 4.90 Å². The lowest BCUT2D eigenvalue weighted by Crippen LogP contribution is -2.17. The maximum absolute atomic E-state index is 6.66. The number of benzene rings is 10. The van der Waals surface area contributed by atoms with Crippen LogP contribution in [0.3, 0.4) is 0 Å². The Balaban J connectivity index is 1.12. The van der Waals surface area contributed by atoms with Crippen LogP contribution in [-0.2, 0) is 5.41 Å². The van der Waals surface area contributed by atoms with Gasteiger partial charge >= 0.3 is 0 Å². The quantitative estimate of drug-likeness (QED) is 0.162. The molecular formula is C59H40N2O. The van der Waals surface area contributed by atoms with Gasteiger partial charge < -0.3 is 13.9 Å². The highest BCUT2D eigenvalue weighted by molar-refractivity contribution is 6.18. The van der Waals surface area contributed by atoms with Crippen molar-refractivity contribution in [1.82, 2.24) is 4.57 Å². The molecule has 1 aliphatic carbocycles. The molecule has 0 atom stereocenters. The van der Waals surface area contributed by atoms with E-state index < -0.39 is 0 Å².